The van der Waals surface area contributed by atoms with Crippen LogP contribution in [0.25, 0.3) is 0 Å². The highest BCUT2D eigenvalue weighted by molar-refractivity contribution is 5.92. The lowest BCUT2D eigenvalue weighted by Crippen LogP contribution is -2.19. The van der Waals surface area contributed by atoms with Crippen molar-refractivity contribution in [1.82, 2.24) is 4.98 Å². The minimum Gasteiger partial charge on any atom is -0.461 e. The van der Waals surface area contributed by atoms with E-state index >= 15 is 0 Å². The van der Waals surface area contributed by atoms with Crippen molar-refractivity contribution >= 4 is 11.7 Å². The topological polar surface area (TPSA) is 98.2 Å². The molecule has 0 aliphatic rings. The van der Waals surface area contributed by atoms with Crippen LogP contribution in [0.3, 0.4) is 0 Å². The maximum Gasteiger partial charge on any atom is 0.573 e. The molecule has 0 aromatic carbocycles. The Balaban J connectivity index is 3.24. The van der Waals surface area contributed by atoms with E-state index in [4.69, 9.17) is 11.0 Å². The van der Waals surface area contributed by atoms with E-state index in [0.29, 0.717) is 6.20 Å². The standard InChI is InChI=1S/C10H8F3N3O3/c1-2-18-9(17)8-5(3-14)7(15)6(4-16-8)19-10(11,12)13/h4H,2H2,1H3,(H2,15,16). The number of aromatic nitrogens is 1. The minimum absolute atomic E-state index is 0.0199. The number of nitriles is 1. The summed E-state index contributed by atoms with van der Waals surface area (Å²) in [5.74, 6) is -1.80. The van der Waals surface area contributed by atoms with Gasteiger partial charge in [-0.25, -0.2) is 9.78 Å². The molecule has 0 fully saturated rings. The molecule has 0 radical (unpaired) electrons. The number of pyridine rings is 1. The number of nitrogen functional groups attached to an aromatic ring is 1. The number of alkyl halides is 3. The number of hydrogen-bond acceptors (Lipinski definition) is 6. The maximum absolute atomic E-state index is 12.1. The van der Waals surface area contributed by atoms with E-state index < -0.39 is 35.0 Å². The normalized spacial score (nSPS) is 10.7. The Morgan fingerprint density at radius 1 is 1.58 bits per heavy atom. The van der Waals surface area contributed by atoms with Gasteiger partial charge in [-0.1, -0.05) is 0 Å². The molecule has 0 bridgehead atoms. The molecule has 0 unspecified atom stereocenters. The van der Waals surface area contributed by atoms with Gasteiger partial charge in [0, 0.05) is 0 Å². The third-order valence-corrected chi connectivity index (χ3v) is 1.89. The molecule has 1 aromatic rings. The smallest absolute Gasteiger partial charge is 0.461 e. The lowest BCUT2D eigenvalue weighted by molar-refractivity contribution is -0.274. The number of anilines is 1. The van der Waals surface area contributed by atoms with Crippen molar-refractivity contribution in [2.75, 3.05) is 12.3 Å². The van der Waals surface area contributed by atoms with Gasteiger partial charge in [0.15, 0.2) is 11.4 Å². The first-order chi connectivity index (χ1) is 8.80. The summed E-state index contributed by atoms with van der Waals surface area (Å²) < 4.78 is 44.3. The van der Waals surface area contributed by atoms with E-state index in [2.05, 4.69) is 14.5 Å². The molecule has 2 N–H and O–H groups in total. The molecule has 6 nitrogen and oxygen atoms in total. The van der Waals surface area contributed by atoms with Gasteiger partial charge in [-0.3, -0.25) is 0 Å². The van der Waals surface area contributed by atoms with Crippen LogP contribution in [-0.4, -0.2) is 23.9 Å². The van der Waals surface area contributed by atoms with Gasteiger partial charge in [-0.15, -0.1) is 13.2 Å². The summed E-state index contributed by atoms with van der Waals surface area (Å²) in [5.41, 5.74) is 3.72. The van der Waals surface area contributed by atoms with Crippen molar-refractivity contribution in [1.29, 1.82) is 5.26 Å². The van der Waals surface area contributed by atoms with Crippen LogP contribution in [-0.2, 0) is 4.74 Å². The lowest BCUT2D eigenvalue weighted by atomic mass is 10.1. The first kappa shape index (κ1) is 14.6. The molecule has 9 heteroatoms. The Hall–Kier alpha value is -2.50. The van der Waals surface area contributed by atoms with Crippen molar-refractivity contribution in [3.8, 4) is 11.8 Å². The summed E-state index contributed by atoms with van der Waals surface area (Å²) in [6, 6.07) is 1.49. The van der Waals surface area contributed by atoms with Gasteiger partial charge in [0.2, 0.25) is 0 Å². The predicted octanol–water partition coefficient (Wildman–Crippen LogP) is 1.61. The molecule has 0 aliphatic carbocycles. The quantitative estimate of drug-likeness (QED) is 0.841. The first-order valence-electron chi connectivity index (χ1n) is 4.91. The largest absolute Gasteiger partial charge is 0.573 e. The van der Waals surface area contributed by atoms with Gasteiger partial charge in [0.05, 0.1) is 18.5 Å². The number of rotatable bonds is 3. The van der Waals surface area contributed by atoms with E-state index in [9.17, 15) is 18.0 Å². The molecule has 0 aliphatic heterocycles. The average Bonchev–Trinajstić information content (AvgIpc) is 2.30. The van der Waals surface area contributed by atoms with Crippen LogP contribution in [0.1, 0.15) is 23.0 Å². The number of hydrogen-bond donors (Lipinski definition) is 1. The summed E-state index contributed by atoms with van der Waals surface area (Å²) in [4.78, 5) is 14.8. The molecule has 0 saturated carbocycles. The van der Waals surface area contributed by atoms with E-state index in [1.165, 1.54) is 13.0 Å². The second-order valence-corrected chi connectivity index (χ2v) is 3.14. The maximum atomic E-state index is 12.1. The zero-order valence-corrected chi connectivity index (χ0v) is 9.61. The lowest BCUT2D eigenvalue weighted by Gasteiger charge is -2.12. The van der Waals surface area contributed by atoms with Crippen LogP contribution in [0.5, 0.6) is 5.75 Å². The predicted molar refractivity (Wildman–Crippen MR) is 56.0 cm³/mol. The van der Waals surface area contributed by atoms with Gasteiger partial charge >= 0.3 is 12.3 Å². The number of esters is 1. The highest BCUT2D eigenvalue weighted by atomic mass is 19.4. The van der Waals surface area contributed by atoms with Crippen LogP contribution in [0.2, 0.25) is 0 Å². The Bertz CT molecular complexity index is 537. The molecule has 0 atom stereocenters. The van der Waals surface area contributed by atoms with Crippen molar-refractivity contribution in [3.05, 3.63) is 17.5 Å². The third-order valence-electron chi connectivity index (χ3n) is 1.89. The number of ether oxygens (including phenoxy) is 2. The summed E-state index contributed by atoms with van der Waals surface area (Å²) in [7, 11) is 0. The Morgan fingerprint density at radius 2 is 2.21 bits per heavy atom. The number of carbonyl (C=O) groups excluding carboxylic acids is 1. The molecule has 0 saturated heterocycles. The van der Waals surface area contributed by atoms with Gasteiger partial charge in [0.1, 0.15) is 11.6 Å². The van der Waals surface area contributed by atoms with Crippen molar-refractivity contribution in [3.63, 3.8) is 0 Å². The third kappa shape index (κ3) is 3.48. The second-order valence-electron chi connectivity index (χ2n) is 3.14. The zero-order chi connectivity index (χ0) is 14.6. The van der Waals surface area contributed by atoms with Crippen LogP contribution < -0.4 is 10.5 Å². The molecule has 19 heavy (non-hydrogen) atoms. The van der Waals surface area contributed by atoms with Gasteiger partial charge in [-0.2, -0.15) is 5.26 Å². The second kappa shape index (κ2) is 5.43. The van der Waals surface area contributed by atoms with Crippen LogP contribution in [0, 0.1) is 11.3 Å². The van der Waals surface area contributed by atoms with Crippen LogP contribution >= 0.6 is 0 Å². The highest BCUT2D eigenvalue weighted by Gasteiger charge is 2.33. The molecular formula is C10H8F3N3O3. The molecule has 1 rings (SSSR count). The van der Waals surface area contributed by atoms with Crippen LogP contribution in [0.15, 0.2) is 6.20 Å². The Morgan fingerprint density at radius 3 is 2.68 bits per heavy atom. The summed E-state index contributed by atoms with van der Waals surface area (Å²) >= 11 is 0. The van der Waals surface area contributed by atoms with Crippen molar-refractivity contribution < 1.29 is 27.4 Å². The minimum atomic E-state index is -4.98. The monoisotopic (exact) mass is 275 g/mol. The van der Waals surface area contributed by atoms with Crippen molar-refractivity contribution in [2.45, 2.75) is 13.3 Å². The van der Waals surface area contributed by atoms with E-state index in [1.54, 1.807) is 0 Å². The molecule has 1 heterocycles. The molecule has 1 aromatic heterocycles. The SMILES string of the molecule is CCOC(=O)c1ncc(OC(F)(F)F)c(N)c1C#N. The number of halogens is 3. The fourth-order valence-electron chi connectivity index (χ4n) is 1.18. The summed E-state index contributed by atoms with van der Waals surface area (Å²) in [6.07, 6.45) is -4.37. The molecule has 0 spiro atoms. The van der Waals surface area contributed by atoms with E-state index in [-0.39, 0.29) is 6.61 Å². The molecular weight excluding hydrogens is 267 g/mol. The first-order valence-corrected chi connectivity index (χ1v) is 4.91. The van der Waals surface area contributed by atoms with E-state index in [0.717, 1.165) is 0 Å². The molecule has 102 valence electrons. The van der Waals surface area contributed by atoms with Crippen molar-refractivity contribution in [2.24, 2.45) is 0 Å². The van der Waals surface area contributed by atoms with Gasteiger partial charge in [0.25, 0.3) is 0 Å². The summed E-state index contributed by atoms with van der Waals surface area (Å²) in [5, 5.41) is 8.82. The highest BCUT2D eigenvalue weighted by Crippen LogP contribution is 2.31. The average molecular weight is 275 g/mol. The Kier molecular flexibility index (Phi) is 4.16. The fraction of sp³-hybridized carbons (Fsp3) is 0.300. The van der Waals surface area contributed by atoms with Gasteiger partial charge in [-0.05, 0) is 6.92 Å². The van der Waals surface area contributed by atoms with Crippen LogP contribution in [0.4, 0.5) is 18.9 Å². The number of carbonyl (C=O) groups is 1. The molecule has 0 amide bonds. The fourth-order valence-corrected chi connectivity index (χ4v) is 1.18. The summed E-state index contributed by atoms with van der Waals surface area (Å²) in [6.45, 7) is 1.54. The Labute approximate surface area is 105 Å². The zero-order valence-electron chi connectivity index (χ0n) is 9.61. The number of nitrogens with zero attached hydrogens (tertiary/aromatic N) is 2. The number of nitrogens with two attached hydrogens (primary N) is 1. The van der Waals surface area contributed by atoms with E-state index in [1.807, 2.05) is 0 Å². The van der Waals surface area contributed by atoms with Gasteiger partial charge < -0.3 is 15.2 Å².